The van der Waals surface area contributed by atoms with Crippen molar-refractivity contribution in [1.82, 2.24) is 0 Å². The predicted octanol–water partition coefficient (Wildman–Crippen LogP) is 5.08. The third-order valence-corrected chi connectivity index (χ3v) is 4.62. The molecule has 0 N–H and O–H groups in total. The Bertz CT molecular complexity index is 892. The van der Waals surface area contributed by atoms with Gasteiger partial charge in [0.2, 0.25) is 0 Å². The molecule has 0 saturated heterocycles. The van der Waals surface area contributed by atoms with Crippen molar-refractivity contribution in [3.63, 3.8) is 0 Å². The van der Waals surface area contributed by atoms with Crippen LogP contribution in [0.15, 0.2) is 115 Å². The highest BCUT2D eigenvalue weighted by atomic mass is 28.1. The molecule has 4 aromatic rings. The molecule has 0 aromatic heterocycles. The average molecular weight is 353 g/mol. The summed E-state index contributed by atoms with van der Waals surface area (Å²) in [5.41, 5.74) is 6.52. The van der Waals surface area contributed by atoms with Gasteiger partial charge in [-0.05, 0) is 38.8 Å². The Kier molecular flexibility index (Phi) is 5.83. The van der Waals surface area contributed by atoms with E-state index in [1.807, 2.05) is 0 Å². The summed E-state index contributed by atoms with van der Waals surface area (Å²) in [4.78, 5) is 0. The maximum atomic E-state index is 2.26. The molecule has 0 heterocycles. The molecule has 1 heteroatoms. The summed E-state index contributed by atoms with van der Waals surface area (Å²) < 4.78 is 0. The second kappa shape index (κ2) is 8.46. The van der Waals surface area contributed by atoms with E-state index in [1.54, 1.807) is 0 Å². The van der Waals surface area contributed by atoms with Gasteiger partial charge in [-0.2, -0.15) is 0 Å². The van der Waals surface area contributed by atoms with E-state index in [9.17, 15) is 0 Å². The Hall–Kier alpha value is -2.90. The van der Waals surface area contributed by atoms with Crippen molar-refractivity contribution in [2.45, 2.75) is 5.92 Å². The zero-order chi connectivity index (χ0) is 16.9. The minimum atomic E-state index is 0. The summed E-state index contributed by atoms with van der Waals surface area (Å²) in [6.07, 6.45) is 0. The molecule has 0 nitrogen and oxygen atoms in total. The third-order valence-electron chi connectivity index (χ3n) is 4.62. The molecule has 0 saturated carbocycles. The van der Waals surface area contributed by atoms with Crippen LogP contribution in [0, 0.1) is 0 Å². The fourth-order valence-corrected chi connectivity index (χ4v) is 3.47. The van der Waals surface area contributed by atoms with Crippen molar-refractivity contribution < 1.29 is 0 Å². The highest BCUT2D eigenvalue weighted by Crippen LogP contribution is 2.37. The van der Waals surface area contributed by atoms with Crippen LogP contribution in [0.2, 0.25) is 0 Å². The summed E-state index contributed by atoms with van der Waals surface area (Å²) in [7, 11) is 0. The summed E-state index contributed by atoms with van der Waals surface area (Å²) in [5.74, 6) is 0.221. The van der Waals surface area contributed by atoms with Gasteiger partial charge in [0.25, 0.3) is 0 Å². The molecule has 0 radical (unpaired) electrons. The number of rotatable bonds is 4. The molecule has 0 fully saturated rings. The molecule has 0 aliphatic carbocycles. The molecule has 0 aliphatic heterocycles. The SMILES string of the molecule is [SiH4].c1ccc(-c2ccccc2C(c2ccccc2)c2ccccc2)cc1. The zero-order valence-corrected chi connectivity index (χ0v) is 14.0. The minimum Gasteiger partial charge on any atom is -0.0622 e. The molecule has 0 spiro atoms. The Balaban J connectivity index is 0.00000196. The molecular weight excluding hydrogens is 328 g/mol. The molecule has 0 aliphatic rings. The second-order valence-corrected chi connectivity index (χ2v) is 6.21. The van der Waals surface area contributed by atoms with Crippen LogP contribution in [-0.4, -0.2) is 11.0 Å². The molecule has 4 aromatic carbocycles. The van der Waals surface area contributed by atoms with Gasteiger partial charge >= 0.3 is 0 Å². The van der Waals surface area contributed by atoms with E-state index in [4.69, 9.17) is 0 Å². The summed E-state index contributed by atoms with van der Waals surface area (Å²) in [6.45, 7) is 0. The van der Waals surface area contributed by atoms with E-state index >= 15 is 0 Å². The monoisotopic (exact) mass is 352 g/mol. The van der Waals surface area contributed by atoms with E-state index in [0.29, 0.717) is 0 Å². The lowest BCUT2D eigenvalue weighted by molar-refractivity contribution is 0.980. The molecule has 4 rings (SSSR count). The average Bonchev–Trinajstić information content (AvgIpc) is 2.71. The van der Waals surface area contributed by atoms with Gasteiger partial charge in [-0.3, -0.25) is 0 Å². The minimum absolute atomic E-state index is 0. The first-order valence-electron chi connectivity index (χ1n) is 8.68. The lowest BCUT2D eigenvalue weighted by Crippen LogP contribution is -2.05. The fourth-order valence-electron chi connectivity index (χ4n) is 3.47. The van der Waals surface area contributed by atoms with Crippen molar-refractivity contribution in [3.8, 4) is 11.1 Å². The van der Waals surface area contributed by atoms with Crippen LogP contribution >= 0.6 is 0 Å². The van der Waals surface area contributed by atoms with Crippen LogP contribution in [0.3, 0.4) is 0 Å². The van der Waals surface area contributed by atoms with E-state index in [0.717, 1.165) is 0 Å². The van der Waals surface area contributed by atoms with Crippen molar-refractivity contribution >= 4 is 11.0 Å². The van der Waals surface area contributed by atoms with Crippen molar-refractivity contribution in [3.05, 3.63) is 132 Å². The Morgan fingerprint density at radius 1 is 0.423 bits per heavy atom. The van der Waals surface area contributed by atoms with Crippen molar-refractivity contribution in [2.24, 2.45) is 0 Å². The largest absolute Gasteiger partial charge is 0.0622 e. The van der Waals surface area contributed by atoms with Gasteiger partial charge in [0, 0.05) is 5.92 Å². The molecular formula is C25H24Si. The smallest absolute Gasteiger partial charge is 0.0346 e. The third kappa shape index (κ3) is 3.68. The first-order chi connectivity index (χ1) is 12.4. The number of hydrogen-bond donors (Lipinski definition) is 0. The molecule has 26 heavy (non-hydrogen) atoms. The number of hydrogen-bond acceptors (Lipinski definition) is 0. The Morgan fingerprint density at radius 2 is 0.846 bits per heavy atom. The van der Waals surface area contributed by atoms with E-state index in [-0.39, 0.29) is 16.9 Å². The first kappa shape index (κ1) is 17.9. The van der Waals surface area contributed by atoms with Crippen LogP contribution in [0.5, 0.6) is 0 Å². The topological polar surface area (TPSA) is 0 Å². The highest BCUT2D eigenvalue weighted by molar-refractivity contribution is 5.75. The molecule has 0 unspecified atom stereocenters. The fraction of sp³-hybridized carbons (Fsp3) is 0.0400. The van der Waals surface area contributed by atoms with Crippen LogP contribution in [0.1, 0.15) is 22.6 Å². The predicted molar refractivity (Wildman–Crippen MR) is 117 cm³/mol. The van der Waals surface area contributed by atoms with Crippen molar-refractivity contribution in [2.75, 3.05) is 0 Å². The van der Waals surface area contributed by atoms with Crippen LogP contribution in [-0.2, 0) is 0 Å². The summed E-state index contributed by atoms with van der Waals surface area (Å²) >= 11 is 0. The maximum absolute atomic E-state index is 2.26. The van der Waals surface area contributed by atoms with Gasteiger partial charge in [-0.1, -0.05) is 115 Å². The quantitative estimate of drug-likeness (QED) is 0.355. The second-order valence-electron chi connectivity index (χ2n) is 6.21. The summed E-state index contributed by atoms with van der Waals surface area (Å²) in [6, 6.07) is 40.9. The normalized spacial score (nSPS) is 10.3. The zero-order valence-electron chi connectivity index (χ0n) is 14.0. The van der Waals surface area contributed by atoms with Crippen LogP contribution in [0.4, 0.5) is 0 Å². The highest BCUT2D eigenvalue weighted by Gasteiger charge is 2.19. The molecule has 0 amide bonds. The van der Waals surface area contributed by atoms with Gasteiger partial charge < -0.3 is 0 Å². The first-order valence-corrected chi connectivity index (χ1v) is 8.68. The van der Waals surface area contributed by atoms with E-state index in [2.05, 4.69) is 115 Å². The molecule has 128 valence electrons. The number of benzene rings is 4. The molecule has 0 atom stereocenters. The Labute approximate surface area is 160 Å². The lowest BCUT2D eigenvalue weighted by atomic mass is 9.81. The Morgan fingerprint density at radius 3 is 1.38 bits per heavy atom. The lowest BCUT2D eigenvalue weighted by Gasteiger charge is -2.22. The van der Waals surface area contributed by atoms with E-state index in [1.165, 1.54) is 27.8 Å². The van der Waals surface area contributed by atoms with Gasteiger partial charge in [-0.15, -0.1) is 0 Å². The van der Waals surface area contributed by atoms with Gasteiger partial charge in [0.1, 0.15) is 0 Å². The van der Waals surface area contributed by atoms with Crippen LogP contribution < -0.4 is 0 Å². The van der Waals surface area contributed by atoms with Gasteiger partial charge in [0.05, 0.1) is 0 Å². The standard InChI is InChI=1S/C25H20.H4Si/c1-4-12-20(13-5-1)23-18-10-11-19-24(23)25(21-14-6-2-7-15-21)22-16-8-3-9-17-22;/h1-19,25H;1H4. The molecule has 0 bridgehead atoms. The summed E-state index contributed by atoms with van der Waals surface area (Å²) in [5, 5.41) is 0. The van der Waals surface area contributed by atoms with Crippen molar-refractivity contribution in [1.29, 1.82) is 0 Å². The van der Waals surface area contributed by atoms with Gasteiger partial charge in [0.15, 0.2) is 0 Å². The maximum Gasteiger partial charge on any atom is 0.0346 e. The van der Waals surface area contributed by atoms with Gasteiger partial charge in [-0.25, -0.2) is 0 Å². The van der Waals surface area contributed by atoms with E-state index < -0.39 is 0 Å². The van der Waals surface area contributed by atoms with Crippen LogP contribution in [0.25, 0.3) is 11.1 Å².